The summed E-state index contributed by atoms with van der Waals surface area (Å²) in [5.41, 5.74) is 0.798. The first kappa shape index (κ1) is 14.6. The minimum Gasteiger partial charge on any atom is -0.476 e. The van der Waals surface area contributed by atoms with Gasteiger partial charge >= 0.3 is 0 Å². The zero-order valence-electron chi connectivity index (χ0n) is 12.2. The van der Waals surface area contributed by atoms with Gasteiger partial charge in [0.25, 0.3) is 0 Å². The first-order valence-corrected chi connectivity index (χ1v) is 7.18. The lowest BCUT2D eigenvalue weighted by molar-refractivity contribution is 0.0320. The molecular formula is C14H18N6O2. The van der Waals surface area contributed by atoms with Gasteiger partial charge in [-0.1, -0.05) is 0 Å². The molecule has 0 radical (unpaired) electrons. The Balaban J connectivity index is 1.45. The maximum absolute atomic E-state index is 5.65. The number of anilines is 2. The molecule has 1 aliphatic rings. The second-order valence-corrected chi connectivity index (χ2v) is 4.77. The number of rotatable bonds is 6. The Bertz CT molecular complexity index is 559. The number of hydrogen-bond donors (Lipinski definition) is 1. The summed E-state index contributed by atoms with van der Waals surface area (Å²) < 4.78 is 11.0. The third kappa shape index (κ3) is 4.34. The van der Waals surface area contributed by atoms with Crippen molar-refractivity contribution in [3.8, 4) is 5.88 Å². The van der Waals surface area contributed by atoms with Gasteiger partial charge in [0.1, 0.15) is 19.3 Å². The van der Waals surface area contributed by atoms with Crippen molar-refractivity contribution in [3.05, 3.63) is 31.0 Å². The lowest BCUT2D eigenvalue weighted by atomic mass is 10.4. The van der Waals surface area contributed by atoms with E-state index in [-0.39, 0.29) is 0 Å². The van der Waals surface area contributed by atoms with Gasteiger partial charge in [-0.05, 0) is 6.07 Å². The van der Waals surface area contributed by atoms with Gasteiger partial charge < -0.3 is 14.8 Å². The molecule has 8 heteroatoms. The van der Waals surface area contributed by atoms with Crippen LogP contribution in [0.4, 0.5) is 11.6 Å². The molecule has 0 aromatic carbocycles. The molecule has 8 nitrogen and oxygen atoms in total. The summed E-state index contributed by atoms with van der Waals surface area (Å²) in [5.74, 6) is 1.09. The van der Waals surface area contributed by atoms with Crippen LogP contribution >= 0.6 is 0 Å². The molecule has 22 heavy (non-hydrogen) atoms. The van der Waals surface area contributed by atoms with E-state index >= 15 is 0 Å². The van der Waals surface area contributed by atoms with E-state index in [0.29, 0.717) is 18.4 Å². The molecule has 2 aromatic heterocycles. The third-order valence-corrected chi connectivity index (χ3v) is 3.25. The van der Waals surface area contributed by atoms with Crippen LogP contribution < -0.4 is 10.1 Å². The van der Waals surface area contributed by atoms with Crippen molar-refractivity contribution in [2.24, 2.45) is 0 Å². The Labute approximate surface area is 128 Å². The summed E-state index contributed by atoms with van der Waals surface area (Å²) in [5, 5.41) is 3.04. The van der Waals surface area contributed by atoms with Crippen LogP contribution in [0.5, 0.6) is 5.88 Å². The van der Waals surface area contributed by atoms with Gasteiger partial charge in [-0.3, -0.25) is 4.90 Å². The van der Waals surface area contributed by atoms with Crippen molar-refractivity contribution in [1.82, 2.24) is 24.8 Å². The molecule has 3 rings (SSSR count). The molecule has 0 atom stereocenters. The Morgan fingerprint density at radius 3 is 2.68 bits per heavy atom. The largest absolute Gasteiger partial charge is 0.476 e. The fourth-order valence-electron chi connectivity index (χ4n) is 2.08. The van der Waals surface area contributed by atoms with Crippen LogP contribution in [0.3, 0.4) is 0 Å². The quantitative estimate of drug-likeness (QED) is 0.835. The van der Waals surface area contributed by atoms with Gasteiger partial charge in [0.15, 0.2) is 0 Å². The molecule has 1 N–H and O–H groups in total. The summed E-state index contributed by atoms with van der Waals surface area (Å²) in [6.07, 6.45) is 4.56. The molecule has 1 saturated heterocycles. The first-order valence-electron chi connectivity index (χ1n) is 7.18. The highest BCUT2D eigenvalue weighted by Crippen LogP contribution is 2.14. The van der Waals surface area contributed by atoms with Crippen LogP contribution in [0.25, 0.3) is 0 Å². The fraction of sp³-hybridized carbons (Fsp3) is 0.429. The first-order chi connectivity index (χ1) is 10.9. The van der Waals surface area contributed by atoms with Crippen LogP contribution in [-0.2, 0) is 4.74 Å². The number of pyridine rings is 1. The topological polar surface area (TPSA) is 85.3 Å². The molecule has 0 unspecified atom stereocenters. The number of morpholine rings is 1. The Morgan fingerprint density at radius 1 is 1.14 bits per heavy atom. The molecule has 1 aliphatic heterocycles. The average Bonchev–Trinajstić information content (AvgIpc) is 2.58. The number of ether oxygens (including phenoxy) is 2. The average molecular weight is 302 g/mol. The number of aromatic nitrogens is 4. The van der Waals surface area contributed by atoms with Crippen molar-refractivity contribution >= 4 is 11.6 Å². The van der Waals surface area contributed by atoms with Crippen LogP contribution in [0, 0.1) is 0 Å². The van der Waals surface area contributed by atoms with E-state index in [9.17, 15) is 0 Å². The lowest BCUT2D eigenvalue weighted by Gasteiger charge is -2.26. The number of hydrogen-bond acceptors (Lipinski definition) is 8. The highest BCUT2D eigenvalue weighted by Gasteiger charge is 2.09. The van der Waals surface area contributed by atoms with E-state index < -0.39 is 0 Å². The molecule has 3 heterocycles. The lowest BCUT2D eigenvalue weighted by Crippen LogP contribution is -2.38. The standard InChI is InChI=1S/C14H18N6O2/c1-2-13(22-8-5-20-3-6-21-7-4-20)16-9-12(1)19-14-17-10-15-11-18-14/h1-2,9-11H,3-8H2,(H,15,17,18,19). The van der Waals surface area contributed by atoms with Crippen LogP contribution in [0.15, 0.2) is 31.0 Å². The van der Waals surface area contributed by atoms with E-state index in [4.69, 9.17) is 9.47 Å². The Hall–Kier alpha value is -2.32. The summed E-state index contributed by atoms with van der Waals surface area (Å²) in [7, 11) is 0. The Kier molecular flexibility index (Phi) is 5.06. The molecule has 1 fully saturated rings. The number of nitrogens with zero attached hydrogens (tertiary/aromatic N) is 5. The highest BCUT2D eigenvalue weighted by molar-refractivity contribution is 5.51. The van der Waals surface area contributed by atoms with Gasteiger partial charge in [-0.2, -0.15) is 0 Å². The monoisotopic (exact) mass is 302 g/mol. The smallest absolute Gasteiger partial charge is 0.230 e. The Morgan fingerprint density at radius 2 is 1.95 bits per heavy atom. The van der Waals surface area contributed by atoms with Crippen LogP contribution in [-0.4, -0.2) is 64.3 Å². The predicted molar refractivity (Wildman–Crippen MR) is 80.1 cm³/mol. The summed E-state index contributed by atoms with van der Waals surface area (Å²) in [6.45, 7) is 5.03. The van der Waals surface area contributed by atoms with E-state index in [0.717, 1.165) is 38.5 Å². The van der Waals surface area contributed by atoms with Gasteiger partial charge in [-0.25, -0.2) is 19.9 Å². The minimum absolute atomic E-state index is 0.484. The molecule has 0 aliphatic carbocycles. The van der Waals surface area contributed by atoms with Gasteiger partial charge in [0.2, 0.25) is 11.8 Å². The second-order valence-electron chi connectivity index (χ2n) is 4.77. The van der Waals surface area contributed by atoms with Gasteiger partial charge in [0, 0.05) is 25.7 Å². The zero-order valence-corrected chi connectivity index (χ0v) is 12.2. The van der Waals surface area contributed by atoms with Crippen molar-refractivity contribution in [3.63, 3.8) is 0 Å². The summed E-state index contributed by atoms with van der Waals surface area (Å²) in [4.78, 5) is 18.3. The zero-order chi connectivity index (χ0) is 15.0. The predicted octanol–water partition coefficient (Wildman–Crippen LogP) is 0.721. The minimum atomic E-state index is 0.484. The SMILES string of the molecule is c1ncnc(Nc2ccc(OCCN3CCOCC3)nc2)n1. The molecule has 0 amide bonds. The van der Waals surface area contributed by atoms with Gasteiger partial charge in [0.05, 0.1) is 25.1 Å². The molecule has 116 valence electrons. The molecule has 2 aromatic rings. The highest BCUT2D eigenvalue weighted by atomic mass is 16.5. The second kappa shape index (κ2) is 7.62. The summed E-state index contributed by atoms with van der Waals surface area (Å²) >= 11 is 0. The normalized spacial score (nSPS) is 15.5. The molecule has 0 bridgehead atoms. The van der Waals surface area contributed by atoms with Crippen molar-refractivity contribution in [2.45, 2.75) is 0 Å². The van der Waals surface area contributed by atoms with E-state index in [2.05, 4.69) is 30.2 Å². The maximum atomic E-state index is 5.65. The third-order valence-electron chi connectivity index (χ3n) is 3.25. The van der Waals surface area contributed by atoms with Gasteiger partial charge in [-0.15, -0.1) is 0 Å². The maximum Gasteiger partial charge on any atom is 0.230 e. The van der Waals surface area contributed by atoms with Crippen molar-refractivity contribution < 1.29 is 9.47 Å². The molecule has 0 spiro atoms. The molecule has 0 saturated carbocycles. The summed E-state index contributed by atoms with van der Waals surface area (Å²) in [6, 6.07) is 3.70. The van der Waals surface area contributed by atoms with Crippen LogP contribution in [0.1, 0.15) is 0 Å². The van der Waals surface area contributed by atoms with Crippen molar-refractivity contribution in [2.75, 3.05) is 44.8 Å². The van der Waals surface area contributed by atoms with E-state index in [1.54, 1.807) is 6.20 Å². The van der Waals surface area contributed by atoms with Crippen LogP contribution in [0.2, 0.25) is 0 Å². The van der Waals surface area contributed by atoms with Crippen molar-refractivity contribution in [1.29, 1.82) is 0 Å². The molecular weight excluding hydrogens is 284 g/mol. The van der Waals surface area contributed by atoms with E-state index in [1.807, 2.05) is 12.1 Å². The van der Waals surface area contributed by atoms with E-state index in [1.165, 1.54) is 12.7 Å². The fourth-order valence-corrected chi connectivity index (χ4v) is 2.08. The number of nitrogens with one attached hydrogen (secondary N) is 1.